The number of amides is 1. The van der Waals surface area contributed by atoms with Gasteiger partial charge in [0.05, 0.1) is 10.7 Å². The molecule has 140 valence electrons. The molecule has 6 nitrogen and oxygen atoms in total. The van der Waals surface area contributed by atoms with Crippen molar-refractivity contribution in [1.29, 1.82) is 0 Å². The van der Waals surface area contributed by atoms with Crippen molar-refractivity contribution in [3.63, 3.8) is 0 Å². The number of halogens is 1. The summed E-state index contributed by atoms with van der Waals surface area (Å²) in [5, 5.41) is 7.82. The van der Waals surface area contributed by atoms with Crippen LogP contribution in [0.3, 0.4) is 0 Å². The summed E-state index contributed by atoms with van der Waals surface area (Å²) >= 11 is 6.28. The van der Waals surface area contributed by atoms with E-state index in [0.29, 0.717) is 30.2 Å². The Bertz CT molecular complexity index is 920. The van der Waals surface area contributed by atoms with Crippen molar-refractivity contribution in [2.24, 2.45) is 0 Å². The highest BCUT2D eigenvalue weighted by molar-refractivity contribution is 6.32. The molecule has 27 heavy (non-hydrogen) atoms. The maximum atomic E-state index is 12.5. The van der Waals surface area contributed by atoms with E-state index in [1.54, 1.807) is 10.7 Å². The molecule has 3 rings (SSSR count). The SMILES string of the molecule is CCCc1nc(C(=O)NCCc2ccc(N)cc2)nn1-c1ccccc1Cl. The number of nitrogen functional groups attached to an aromatic ring is 1. The molecule has 1 heterocycles. The van der Waals surface area contributed by atoms with Crippen LogP contribution in [-0.2, 0) is 12.8 Å². The summed E-state index contributed by atoms with van der Waals surface area (Å²) in [4.78, 5) is 16.9. The molecule has 0 saturated heterocycles. The Balaban J connectivity index is 1.72. The average Bonchev–Trinajstić information content (AvgIpc) is 3.08. The van der Waals surface area contributed by atoms with Crippen LogP contribution >= 0.6 is 11.6 Å². The summed E-state index contributed by atoms with van der Waals surface area (Å²) in [6.45, 7) is 2.55. The van der Waals surface area contributed by atoms with E-state index >= 15 is 0 Å². The van der Waals surface area contributed by atoms with Gasteiger partial charge in [-0.05, 0) is 42.7 Å². The zero-order valence-electron chi connectivity index (χ0n) is 15.2. The number of carbonyl (C=O) groups excluding carboxylic acids is 1. The van der Waals surface area contributed by atoms with Crippen LogP contribution in [0.25, 0.3) is 5.69 Å². The van der Waals surface area contributed by atoms with E-state index in [4.69, 9.17) is 17.3 Å². The van der Waals surface area contributed by atoms with Crippen molar-refractivity contribution < 1.29 is 4.79 Å². The van der Waals surface area contributed by atoms with E-state index in [1.807, 2.05) is 42.5 Å². The number of nitrogens with zero attached hydrogens (tertiary/aromatic N) is 3. The molecule has 0 fully saturated rings. The van der Waals surface area contributed by atoms with Gasteiger partial charge in [0.1, 0.15) is 5.82 Å². The van der Waals surface area contributed by atoms with E-state index < -0.39 is 0 Å². The number of aromatic nitrogens is 3. The summed E-state index contributed by atoms with van der Waals surface area (Å²) < 4.78 is 1.65. The fourth-order valence-electron chi connectivity index (χ4n) is 2.73. The van der Waals surface area contributed by atoms with Crippen molar-refractivity contribution in [3.05, 3.63) is 70.8 Å². The minimum Gasteiger partial charge on any atom is -0.399 e. The van der Waals surface area contributed by atoms with Crippen LogP contribution in [0.5, 0.6) is 0 Å². The predicted molar refractivity (Wildman–Crippen MR) is 107 cm³/mol. The first-order valence-electron chi connectivity index (χ1n) is 8.92. The summed E-state index contributed by atoms with van der Waals surface area (Å²) in [6.07, 6.45) is 2.30. The number of rotatable bonds is 7. The minimum atomic E-state index is -0.298. The Kier molecular flexibility index (Phi) is 6.08. The Hall–Kier alpha value is -2.86. The first kappa shape index (κ1) is 18.9. The summed E-state index contributed by atoms with van der Waals surface area (Å²) in [5.74, 6) is 0.568. The van der Waals surface area contributed by atoms with Crippen LogP contribution < -0.4 is 11.1 Å². The van der Waals surface area contributed by atoms with E-state index in [-0.39, 0.29) is 11.7 Å². The molecule has 7 heteroatoms. The van der Waals surface area contributed by atoms with Gasteiger partial charge in [-0.25, -0.2) is 9.67 Å². The summed E-state index contributed by atoms with van der Waals surface area (Å²) in [6, 6.07) is 15.0. The van der Waals surface area contributed by atoms with Crippen LogP contribution in [-0.4, -0.2) is 27.2 Å². The Morgan fingerprint density at radius 2 is 1.89 bits per heavy atom. The van der Waals surface area contributed by atoms with Crippen LogP contribution in [0.4, 0.5) is 5.69 Å². The average molecular weight is 384 g/mol. The van der Waals surface area contributed by atoms with Crippen LogP contribution in [0.2, 0.25) is 5.02 Å². The van der Waals surface area contributed by atoms with Crippen molar-refractivity contribution >= 4 is 23.2 Å². The van der Waals surface area contributed by atoms with Gasteiger partial charge < -0.3 is 11.1 Å². The fraction of sp³-hybridized carbons (Fsp3) is 0.250. The largest absolute Gasteiger partial charge is 0.399 e. The lowest BCUT2D eigenvalue weighted by atomic mass is 10.1. The molecule has 0 bridgehead atoms. The van der Waals surface area contributed by atoms with E-state index in [1.165, 1.54) is 0 Å². The Morgan fingerprint density at radius 3 is 2.59 bits per heavy atom. The molecule has 1 amide bonds. The van der Waals surface area contributed by atoms with Gasteiger partial charge >= 0.3 is 0 Å². The van der Waals surface area contributed by atoms with Gasteiger partial charge in [-0.1, -0.05) is 42.8 Å². The zero-order chi connectivity index (χ0) is 19.2. The van der Waals surface area contributed by atoms with Crippen molar-refractivity contribution in [1.82, 2.24) is 20.1 Å². The number of nitrogens with one attached hydrogen (secondary N) is 1. The lowest BCUT2D eigenvalue weighted by Crippen LogP contribution is -2.27. The number of benzene rings is 2. The minimum absolute atomic E-state index is 0.149. The van der Waals surface area contributed by atoms with E-state index in [0.717, 1.165) is 23.4 Å². The smallest absolute Gasteiger partial charge is 0.290 e. The second-order valence-electron chi connectivity index (χ2n) is 6.21. The first-order valence-corrected chi connectivity index (χ1v) is 9.29. The normalized spacial score (nSPS) is 10.7. The third-order valence-corrected chi connectivity index (χ3v) is 4.43. The fourth-order valence-corrected chi connectivity index (χ4v) is 2.94. The van der Waals surface area contributed by atoms with Crippen LogP contribution in [0.1, 0.15) is 35.4 Å². The predicted octanol–water partition coefficient (Wildman–Crippen LogP) is 3.43. The molecule has 0 aliphatic heterocycles. The number of hydrogen-bond donors (Lipinski definition) is 2. The highest BCUT2D eigenvalue weighted by Crippen LogP contribution is 2.21. The van der Waals surface area contributed by atoms with Gasteiger partial charge in [0.25, 0.3) is 5.91 Å². The van der Waals surface area contributed by atoms with Gasteiger partial charge in [-0.3, -0.25) is 4.79 Å². The second kappa shape index (κ2) is 8.68. The quantitative estimate of drug-likeness (QED) is 0.612. The van der Waals surface area contributed by atoms with E-state index in [2.05, 4.69) is 22.3 Å². The van der Waals surface area contributed by atoms with Gasteiger partial charge in [-0.15, -0.1) is 5.10 Å². The van der Waals surface area contributed by atoms with Gasteiger partial charge in [0.15, 0.2) is 0 Å². The number of nitrogens with two attached hydrogens (primary N) is 1. The highest BCUT2D eigenvalue weighted by Gasteiger charge is 2.18. The van der Waals surface area contributed by atoms with Crippen molar-refractivity contribution in [3.8, 4) is 5.69 Å². The third kappa shape index (κ3) is 4.65. The molecule has 0 unspecified atom stereocenters. The molecule has 3 aromatic rings. The first-order chi connectivity index (χ1) is 13.1. The molecule has 2 aromatic carbocycles. The number of carbonyl (C=O) groups is 1. The summed E-state index contributed by atoms with van der Waals surface area (Å²) in [5.41, 5.74) is 8.23. The molecule has 0 saturated carbocycles. The molecule has 1 aromatic heterocycles. The molecule has 0 spiro atoms. The van der Waals surface area contributed by atoms with Gasteiger partial charge in [-0.2, -0.15) is 0 Å². The lowest BCUT2D eigenvalue weighted by molar-refractivity contribution is 0.0944. The maximum absolute atomic E-state index is 12.5. The molecule has 0 aliphatic rings. The van der Waals surface area contributed by atoms with Crippen molar-refractivity contribution in [2.75, 3.05) is 12.3 Å². The van der Waals surface area contributed by atoms with Gasteiger partial charge in [0.2, 0.25) is 5.82 Å². The second-order valence-corrected chi connectivity index (χ2v) is 6.62. The molecular weight excluding hydrogens is 362 g/mol. The Morgan fingerprint density at radius 1 is 1.15 bits per heavy atom. The number of aryl methyl sites for hydroxylation is 1. The third-order valence-electron chi connectivity index (χ3n) is 4.11. The van der Waals surface area contributed by atoms with Crippen molar-refractivity contribution in [2.45, 2.75) is 26.2 Å². The molecule has 0 aliphatic carbocycles. The highest BCUT2D eigenvalue weighted by atomic mass is 35.5. The Labute approximate surface area is 163 Å². The molecule has 0 atom stereocenters. The lowest BCUT2D eigenvalue weighted by Gasteiger charge is -2.06. The topological polar surface area (TPSA) is 85.8 Å². The van der Waals surface area contributed by atoms with Crippen LogP contribution in [0, 0.1) is 0 Å². The van der Waals surface area contributed by atoms with Gasteiger partial charge in [0, 0.05) is 18.7 Å². The molecule has 0 radical (unpaired) electrons. The summed E-state index contributed by atoms with van der Waals surface area (Å²) in [7, 11) is 0. The zero-order valence-corrected chi connectivity index (χ0v) is 15.9. The molecular formula is C20H22ClN5O. The van der Waals surface area contributed by atoms with E-state index in [9.17, 15) is 4.79 Å². The van der Waals surface area contributed by atoms with Crippen LogP contribution in [0.15, 0.2) is 48.5 Å². The standard InChI is InChI=1S/C20H22ClN5O/c1-2-5-18-24-19(25-26(18)17-7-4-3-6-16(17)21)20(27)23-13-12-14-8-10-15(22)11-9-14/h3-4,6-11H,2,5,12-13,22H2,1H3,(H,23,27). The maximum Gasteiger partial charge on any atom is 0.290 e. The monoisotopic (exact) mass is 383 g/mol. The number of hydrogen-bond acceptors (Lipinski definition) is 4. The number of para-hydroxylation sites is 1. The number of anilines is 1. The molecule has 3 N–H and O–H groups in total.